The molecule has 0 saturated heterocycles. The molecule has 0 radical (unpaired) electrons. The third-order valence-electron chi connectivity index (χ3n) is 4.71. The summed E-state index contributed by atoms with van der Waals surface area (Å²) in [5, 5.41) is 0. The van der Waals surface area contributed by atoms with Crippen LogP contribution < -0.4 is 0 Å². The highest BCUT2D eigenvalue weighted by Gasteiger charge is 2.24. The Morgan fingerprint density at radius 1 is 1.17 bits per heavy atom. The number of aromatic nitrogens is 3. The standard InChI is InChI=1S/C20H19N3O4S2/c1-13-6-9-18-17(22-13)10-14(4-3-5-20(24)27-2)23(18)29(25,26)15-7-8-16-19(11-15)28-12-21-16/h6-12H,3-5H2,1-2H3. The second-order valence-electron chi connectivity index (χ2n) is 6.67. The van der Waals surface area contributed by atoms with Crippen molar-refractivity contribution in [3.05, 3.63) is 53.3 Å². The molecule has 9 heteroatoms. The minimum Gasteiger partial charge on any atom is -0.469 e. The van der Waals surface area contributed by atoms with Crippen LogP contribution >= 0.6 is 11.3 Å². The van der Waals surface area contributed by atoms with E-state index in [0.29, 0.717) is 29.6 Å². The highest BCUT2D eigenvalue weighted by Crippen LogP contribution is 2.28. The van der Waals surface area contributed by atoms with Crippen LogP contribution in [0.25, 0.3) is 21.3 Å². The predicted octanol–water partition coefficient (Wildman–Crippen LogP) is 3.69. The van der Waals surface area contributed by atoms with E-state index in [-0.39, 0.29) is 17.3 Å². The number of fused-ring (bicyclic) bond motifs is 2. The molecule has 0 spiro atoms. The van der Waals surface area contributed by atoms with Crippen LogP contribution in [0.4, 0.5) is 0 Å². The largest absolute Gasteiger partial charge is 0.469 e. The van der Waals surface area contributed by atoms with Crippen molar-refractivity contribution in [3.8, 4) is 0 Å². The van der Waals surface area contributed by atoms with Crippen molar-refractivity contribution in [3.63, 3.8) is 0 Å². The summed E-state index contributed by atoms with van der Waals surface area (Å²) in [4.78, 5) is 20.3. The van der Waals surface area contributed by atoms with Gasteiger partial charge in [-0.1, -0.05) is 0 Å². The molecule has 3 aromatic heterocycles. The Morgan fingerprint density at radius 3 is 2.79 bits per heavy atom. The number of ether oxygens (including phenoxy) is 1. The molecule has 0 amide bonds. The van der Waals surface area contributed by atoms with Gasteiger partial charge in [-0.2, -0.15) is 0 Å². The second kappa shape index (κ2) is 7.57. The van der Waals surface area contributed by atoms with E-state index < -0.39 is 10.0 Å². The lowest BCUT2D eigenvalue weighted by Gasteiger charge is -2.12. The van der Waals surface area contributed by atoms with Crippen LogP contribution in [0.15, 0.2) is 46.8 Å². The molecule has 3 heterocycles. The zero-order chi connectivity index (χ0) is 20.6. The summed E-state index contributed by atoms with van der Waals surface area (Å²) >= 11 is 1.40. The quantitative estimate of drug-likeness (QED) is 0.434. The highest BCUT2D eigenvalue weighted by atomic mass is 32.2. The lowest BCUT2D eigenvalue weighted by molar-refractivity contribution is -0.140. The number of pyridine rings is 1. The molecule has 0 unspecified atom stereocenters. The van der Waals surface area contributed by atoms with Gasteiger partial charge in [-0.05, 0) is 56.2 Å². The van der Waals surface area contributed by atoms with E-state index in [2.05, 4.69) is 14.7 Å². The van der Waals surface area contributed by atoms with Gasteiger partial charge in [-0.15, -0.1) is 11.3 Å². The van der Waals surface area contributed by atoms with Gasteiger partial charge in [-0.25, -0.2) is 17.4 Å². The molecule has 150 valence electrons. The molecule has 0 bridgehead atoms. The van der Waals surface area contributed by atoms with E-state index in [1.54, 1.807) is 41.9 Å². The van der Waals surface area contributed by atoms with Crippen LogP contribution in [-0.2, 0) is 26.0 Å². The maximum atomic E-state index is 13.6. The van der Waals surface area contributed by atoms with Gasteiger partial charge in [0.15, 0.2) is 0 Å². The number of benzene rings is 1. The van der Waals surface area contributed by atoms with E-state index in [0.717, 1.165) is 15.9 Å². The summed E-state index contributed by atoms with van der Waals surface area (Å²) in [6.45, 7) is 1.86. The van der Waals surface area contributed by atoms with Gasteiger partial charge >= 0.3 is 5.97 Å². The van der Waals surface area contributed by atoms with Gasteiger partial charge in [0.2, 0.25) is 0 Å². The minimum atomic E-state index is -3.85. The van der Waals surface area contributed by atoms with Crippen molar-refractivity contribution < 1.29 is 17.9 Å². The Morgan fingerprint density at radius 2 is 2.00 bits per heavy atom. The van der Waals surface area contributed by atoms with Crippen molar-refractivity contribution in [2.75, 3.05) is 7.11 Å². The molecule has 7 nitrogen and oxygen atoms in total. The zero-order valence-electron chi connectivity index (χ0n) is 16.0. The Bertz CT molecular complexity index is 1320. The maximum absolute atomic E-state index is 13.6. The monoisotopic (exact) mass is 429 g/mol. The van der Waals surface area contributed by atoms with Gasteiger partial charge in [0.25, 0.3) is 10.0 Å². The van der Waals surface area contributed by atoms with Gasteiger partial charge in [0, 0.05) is 17.8 Å². The molecule has 0 fully saturated rings. The number of aryl methyl sites for hydroxylation is 2. The number of hydrogen-bond acceptors (Lipinski definition) is 7. The molecule has 0 aliphatic carbocycles. The minimum absolute atomic E-state index is 0.196. The van der Waals surface area contributed by atoms with Crippen LogP contribution in [0.3, 0.4) is 0 Å². The van der Waals surface area contributed by atoms with Crippen molar-refractivity contribution in [2.45, 2.75) is 31.1 Å². The third kappa shape index (κ3) is 3.63. The number of nitrogens with zero attached hydrogens (tertiary/aromatic N) is 3. The maximum Gasteiger partial charge on any atom is 0.305 e. The fourth-order valence-electron chi connectivity index (χ4n) is 3.29. The molecule has 29 heavy (non-hydrogen) atoms. The highest BCUT2D eigenvalue weighted by molar-refractivity contribution is 7.90. The Kier molecular flexibility index (Phi) is 5.10. The number of carbonyl (C=O) groups is 1. The first-order chi connectivity index (χ1) is 13.9. The Balaban J connectivity index is 1.83. The predicted molar refractivity (Wildman–Crippen MR) is 112 cm³/mol. The zero-order valence-corrected chi connectivity index (χ0v) is 17.6. The molecule has 4 aromatic rings. The molecular weight excluding hydrogens is 410 g/mol. The molecule has 4 rings (SSSR count). The first-order valence-corrected chi connectivity index (χ1v) is 11.4. The first-order valence-electron chi connectivity index (χ1n) is 9.04. The summed E-state index contributed by atoms with van der Waals surface area (Å²) < 4.78 is 34.0. The van der Waals surface area contributed by atoms with Crippen molar-refractivity contribution in [1.82, 2.24) is 13.9 Å². The summed E-state index contributed by atoms with van der Waals surface area (Å²) in [5.41, 5.74) is 4.98. The Labute approximate surface area is 172 Å². The molecular formula is C20H19N3O4S2. The lowest BCUT2D eigenvalue weighted by atomic mass is 10.2. The van der Waals surface area contributed by atoms with E-state index in [1.807, 2.05) is 6.92 Å². The molecule has 0 atom stereocenters. The number of thiazole rings is 1. The van der Waals surface area contributed by atoms with E-state index in [1.165, 1.54) is 22.4 Å². The molecule has 0 aliphatic rings. The average molecular weight is 430 g/mol. The van der Waals surface area contributed by atoms with Crippen LogP contribution in [-0.4, -0.2) is 35.4 Å². The van der Waals surface area contributed by atoms with Gasteiger partial charge in [-0.3, -0.25) is 9.78 Å². The van der Waals surface area contributed by atoms with E-state index >= 15 is 0 Å². The van der Waals surface area contributed by atoms with Crippen LogP contribution in [0.5, 0.6) is 0 Å². The summed E-state index contributed by atoms with van der Waals surface area (Å²) in [5.74, 6) is -0.319. The second-order valence-corrected chi connectivity index (χ2v) is 9.35. The number of methoxy groups -OCH3 is 1. The SMILES string of the molecule is COC(=O)CCCc1cc2nc(C)ccc2n1S(=O)(=O)c1ccc2ncsc2c1. The molecule has 0 saturated carbocycles. The number of hydrogen-bond donors (Lipinski definition) is 0. The van der Waals surface area contributed by atoms with E-state index in [9.17, 15) is 13.2 Å². The molecule has 0 N–H and O–H groups in total. The van der Waals surface area contributed by atoms with Crippen LogP contribution in [0, 0.1) is 6.92 Å². The van der Waals surface area contributed by atoms with Gasteiger partial charge in [0.1, 0.15) is 0 Å². The topological polar surface area (TPSA) is 91.1 Å². The average Bonchev–Trinajstić information content (AvgIpc) is 3.31. The number of carbonyl (C=O) groups excluding carboxylic acids is 1. The van der Waals surface area contributed by atoms with Crippen molar-refractivity contribution in [1.29, 1.82) is 0 Å². The van der Waals surface area contributed by atoms with Crippen LogP contribution in [0.1, 0.15) is 24.2 Å². The Hall–Kier alpha value is -2.78. The summed E-state index contributed by atoms with van der Waals surface area (Å²) in [6.07, 6.45) is 1.11. The van der Waals surface area contributed by atoms with Crippen molar-refractivity contribution in [2.24, 2.45) is 0 Å². The lowest BCUT2D eigenvalue weighted by Crippen LogP contribution is -2.16. The first kappa shape index (κ1) is 19.5. The third-order valence-corrected chi connectivity index (χ3v) is 7.26. The number of rotatable bonds is 6. The van der Waals surface area contributed by atoms with Gasteiger partial charge < -0.3 is 4.74 Å². The normalized spacial score (nSPS) is 11.9. The smallest absolute Gasteiger partial charge is 0.305 e. The summed E-state index contributed by atoms with van der Waals surface area (Å²) in [7, 11) is -2.51. The van der Waals surface area contributed by atoms with Crippen LogP contribution in [0.2, 0.25) is 0 Å². The van der Waals surface area contributed by atoms with E-state index in [4.69, 9.17) is 0 Å². The van der Waals surface area contributed by atoms with Crippen molar-refractivity contribution >= 4 is 48.6 Å². The fourth-order valence-corrected chi connectivity index (χ4v) is 5.67. The van der Waals surface area contributed by atoms with Gasteiger partial charge in [0.05, 0.1) is 38.8 Å². The molecule has 0 aliphatic heterocycles. The number of esters is 1. The fraction of sp³-hybridized carbons (Fsp3) is 0.250. The molecule has 1 aromatic carbocycles. The summed E-state index contributed by atoms with van der Waals surface area (Å²) in [6, 6.07) is 10.3.